The predicted molar refractivity (Wildman–Crippen MR) is 47.7 cm³/mol. The molecule has 0 heterocycles. The number of rotatable bonds is 0. The zero-order valence-electron chi connectivity index (χ0n) is 7.55. The average molecular weight is 252 g/mol. The lowest BCUT2D eigenvalue weighted by Crippen LogP contribution is -2.21. The van der Waals surface area contributed by atoms with Gasteiger partial charge in [-0.1, -0.05) is 0 Å². The minimum atomic E-state index is -5.84. The number of hydrogen-bond donors (Lipinski definition) is 7. The summed E-state index contributed by atoms with van der Waals surface area (Å²) in [6.07, 6.45) is 0. The Hall–Kier alpha value is -0.540. The Kier molecular flexibility index (Phi) is 44.6. The highest BCUT2D eigenvalue weighted by Gasteiger charge is 2.44. The van der Waals surface area contributed by atoms with Gasteiger partial charge in [0.2, 0.25) is 0 Å². The van der Waals surface area contributed by atoms with Crippen molar-refractivity contribution in [2.75, 3.05) is 0 Å². The third-order valence-electron chi connectivity index (χ3n) is 0.292. The van der Waals surface area contributed by atoms with Gasteiger partial charge < -0.3 is 36.9 Å². The number of halogens is 3. The van der Waals surface area contributed by atoms with Gasteiger partial charge in [-0.25, -0.2) is 0 Å². The third kappa shape index (κ3) is 17.5. The summed E-state index contributed by atoms with van der Waals surface area (Å²) in [7, 11) is -5.84. The molecule has 0 amide bonds. The van der Waals surface area contributed by atoms with Crippen LogP contribution in [0.4, 0.5) is 13.2 Å². The SMILES string of the molecule is N.N.N.N.N.N.O=S(=O)(O)C(F)(F)F. The fourth-order valence-electron chi connectivity index (χ4n) is 0. The molecule has 0 aromatic heterocycles. The van der Waals surface area contributed by atoms with Crippen molar-refractivity contribution >= 4 is 10.1 Å². The van der Waals surface area contributed by atoms with Crippen LogP contribution in [0.25, 0.3) is 0 Å². The molecule has 0 atom stereocenters. The molecule has 19 N–H and O–H groups in total. The molecule has 0 saturated carbocycles. The Balaban J connectivity index is -0.0000000163. The molecule has 0 radical (unpaired) electrons. The normalized spacial score (nSPS) is 8.00. The Morgan fingerprint density at radius 1 is 0.786 bits per heavy atom. The van der Waals surface area contributed by atoms with Crippen LogP contribution >= 0.6 is 0 Å². The van der Waals surface area contributed by atoms with Crippen LogP contribution in [0.2, 0.25) is 0 Å². The summed E-state index contributed by atoms with van der Waals surface area (Å²) >= 11 is 0. The molecule has 0 aliphatic carbocycles. The zero-order valence-corrected chi connectivity index (χ0v) is 8.36. The van der Waals surface area contributed by atoms with E-state index in [9.17, 15) is 13.2 Å². The molecule has 0 saturated heterocycles. The van der Waals surface area contributed by atoms with Gasteiger partial charge in [0.25, 0.3) is 0 Å². The minimum absolute atomic E-state index is 0. The third-order valence-corrected chi connectivity index (χ3v) is 0.877. The second-order valence-electron chi connectivity index (χ2n) is 0.921. The Labute approximate surface area is 79.7 Å². The van der Waals surface area contributed by atoms with E-state index in [1.165, 1.54) is 0 Å². The van der Waals surface area contributed by atoms with E-state index >= 15 is 0 Å². The van der Waals surface area contributed by atoms with E-state index in [4.69, 9.17) is 13.0 Å². The van der Waals surface area contributed by atoms with Crippen molar-refractivity contribution < 1.29 is 26.1 Å². The summed E-state index contributed by atoms with van der Waals surface area (Å²) in [4.78, 5) is 0. The van der Waals surface area contributed by atoms with Crippen LogP contribution in [-0.4, -0.2) is 18.5 Å². The molecule has 14 heavy (non-hydrogen) atoms. The average Bonchev–Trinajstić information content (AvgIpc) is 1.25. The van der Waals surface area contributed by atoms with Gasteiger partial charge in [0, 0.05) is 0 Å². The Morgan fingerprint density at radius 2 is 0.857 bits per heavy atom. The van der Waals surface area contributed by atoms with Crippen LogP contribution in [-0.2, 0) is 10.1 Å². The van der Waals surface area contributed by atoms with Crippen molar-refractivity contribution in [1.29, 1.82) is 0 Å². The molecule has 98 valence electrons. The van der Waals surface area contributed by atoms with E-state index < -0.39 is 15.6 Å². The van der Waals surface area contributed by atoms with Crippen molar-refractivity contribution in [2.45, 2.75) is 5.51 Å². The van der Waals surface area contributed by atoms with Crippen LogP contribution < -0.4 is 36.9 Å². The summed E-state index contributed by atoms with van der Waals surface area (Å²) < 4.78 is 57.5. The monoisotopic (exact) mass is 252 g/mol. The minimum Gasteiger partial charge on any atom is -0.344 e. The molecular formula is CH19F3N6O3S. The van der Waals surface area contributed by atoms with Crippen LogP contribution in [0.15, 0.2) is 0 Å². The van der Waals surface area contributed by atoms with E-state index in [1.807, 2.05) is 0 Å². The van der Waals surface area contributed by atoms with E-state index in [2.05, 4.69) is 0 Å². The summed E-state index contributed by atoms with van der Waals surface area (Å²) in [6.45, 7) is 0. The summed E-state index contributed by atoms with van der Waals surface area (Å²) in [5.74, 6) is 0. The first-order valence-corrected chi connectivity index (χ1v) is 2.73. The van der Waals surface area contributed by atoms with Crippen LogP contribution in [0, 0.1) is 0 Å². The summed E-state index contributed by atoms with van der Waals surface area (Å²) in [6, 6.07) is 0. The highest BCUT2D eigenvalue weighted by atomic mass is 32.2. The van der Waals surface area contributed by atoms with Crippen LogP contribution in [0.5, 0.6) is 0 Å². The van der Waals surface area contributed by atoms with E-state index in [1.54, 1.807) is 0 Å². The molecule has 0 aromatic rings. The first kappa shape index (κ1) is 50.1. The van der Waals surface area contributed by atoms with E-state index in [0.717, 1.165) is 0 Å². The smallest absolute Gasteiger partial charge is 0.344 e. The number of hydrogen-bond acceptors (Lipinski definition) is 8. The molecule has 0 aliphatic heterocycles. The Morgan fingerprint density at radius 3 is 0.857 bits per heavy atom. The standard InChI is InChI=1S/CHF3O3S.6H3N/c2-1(3,4)8(5,6)7;;;;;;/h(H,5,6,7);6*1H3. The molecule has 9 nitrogen and oxygen atoms in total. The maximum Gasteiger partial charge on any atom is 0.522 e. The molecule has 0 unspecified atom stereocenters. The lowest BCUT2D eigenvalue weighted by molar-refractivity contribution is -0.0510. The molecule has 13 heteroatoms. The summed E-state index contributed by atoms with van der Waals surface area (Å²) in [5, 5.41) is 0. The van der Waals surface area contributed by atoms with Crippen molar-refractivity contribution in [3.63, 3.8) is 0 Å². The molecule has 0 bridgehead atoms. The topological polar surface area (TPSA) is 264 Å². The second-order valence-corrected chi connectivity index (χ2v) is 2.33. The van der Waals surface area contributed by atoms with Gasteiger partial charge in [0.15, 0.2) is 0 Å². The van der Waals surface area contributed by atoms with Crippen molar-refractivity contribution in [3.8, 4) is 0 Å². The van der Waals surface area contributed by atoms with Gasteiger partial charge >= 0.3 is 15.6 Å². The lowest BCUT2D eigenvalue weighted by atomic mass is 11.6. The lowest BCUT2D eigenvalue weighted by Gasteiger charge is -1.97. The first-order chi connectivity index (χ1) is 3.25. The maximum absolute atomic E-state index is 10.7. The van der Waals surface area contributed by atoms with Gasteiger partial charge in [0.05, 0.1) is 0 Å². The number of alkyl halides is 3. The van der Waals surface area contributed by atoms with Crippen LogP contribution in [0.3, 0.4) is 0 Å². The molecule has 0 aliphatic rings. The molecular weight excluding hydrogens is 233 g/mol. The molecule has 0 spiro atoms. The second kappa shape index (κ2) is 12.5. The Bertz CT molecular complexity index is 177. The van der Waals surface area contributed by atoms with E-state index in [0.29, 0.717) is 0 Å². The van der Waals surface area contributed by atoms with Gasteiger partial charge in [-0.15, -0.1) is 0 Å². The quantitative estimate of drug-likeness (QED) is 0.241. The fraction of sp³-hybridized carbons (Fsp3) is 1.00. The van der Waals surface area contributed by atoms with Crippen LogP contribution in [0.1, 0.15) is 0 Å². The first-order valence-electron chi connectivity index (χ1n) is 1.29. The highest BCUT2D eigenvalue weighted by molar-refractivity contribution is 7.86. The highest BCUT2D eigenvalue weighted by Crippen LogP contribution is 2.20. The molecule has 0 fully saturated rings. The van der Waals surface area contributed by atoms with E-state index in [-0.39, 0.29) is 36.9 Å². The van der Waals surface area contributed by atoms with Gasteiger partial charge in [-0.3, -0.25) is 4.55 Å². The molecule has 0 aromatic carbocycles. The van der Waals surface area contributed by atoms with Gasteiger partial charge in [0.1, 0.15) is 0 Å². The van der Waals surface area contributed by atoms with Crippen molar-refractivity contribution in [2.24, 2.45) is 0 Å². The summed E-state index contributed by atoms with van der Waals surface area (Å²) in [5.41, 5.74) is -5.53. The zero-order chi connectivity index (χ0) is 7.00. The maximum atomic E-state index is 10.7. The van der Waals surface area contributed by atoms with Gasteiger partial charge in [-0.05, 0) is 0 Å². The van der Waals surface area contributed by atoms with Crippen molar-refractivity contribution in [3.05, 3.63) is 0 Å². The largest absolute Gasteiger partial charge is 0.522 e. The fourth-order valence-corrected chi connectivity index (χ4v) is 0. The van der Waals surface area contributed by atoms with Gasteiger partial charge in [-0.2, -0.15) is 21.6 Å². The molecule has 0 rings (SSSR count). The van der Waals surface area contributed by atoms with Crippen molar-refractivity contribution in [1.82, 2.24) is 36.9 Å². The predicted octanol–water partition coefficient (Wildman–Crippen LogP) is 1.37.